The molecule has 2 aromatic rings. The number of aryl methyl sites for hydroxylation is 1. The van der Waals surface area contributed by atoms with E-state index in [0.29, 0.717) is 12.0 Å². The molecular formula is C35H53N7. The summed E-state index contributed by atoms with van der Waals surface area (Å²) in [4.78, 5) is 17.1. The molecule has 1 saturated heterocycles. The van der Waals surface area contributed by atoms with Crippen LogP contribution < -0.4 is 20.4 Å². The largest absolute Gasteiger partial charge is 0.380 e. The lowest BCUT2D eigenvalue weighted by atomic mass is 9.85. The number of likely N-dealkylation sites (N-methyl/N-ethyl adjacent to an activating group) is 1. The fourth-order valence-corrected chi connectivity index (χ4v) is 7.54. The van der Waals surface area contributed by atoms with Crippen molar-refractivity contribution >= 4 is 28.8 Å². The first-order chi connectivity index (χ1) is 20.3. The van der Waals surface area contributed by atoms with Crippen LogP contribution in [0.25, 0.3) is 5.70 Å². The van der Waals surface area contributed by atoms with E-state index in [1.54, 1.807) is 0 Å². The molecule has 2 unspecified atom stereocenters. The van der Waals surface area contributed by atoms with Crippen LogP contribution in [0, 0.1) is 0 Å². The lowest BCUT2D eigenvalue weighted by molar-refractivity contribution is 0.287. The lowest BCUT2D eigenvalue weighted by Gasteiger charge is -2.46. The second kappa shape index (κ2) is 13.1. The summed E-state index contributed by atoms with van der Waals surface area (Å²) in [6.07, 6.45) is 14.8. The van der Waals surface area contributed by atoms with Gasteiger partial charge in [-0.25, -0.2) is 4.98 Å². The van der Waals surface area contributed by atoms with Crippen LogP contribution in [0.4, 0.5) is 23.1 Å². The van der Waals surface area contributed by atoms with Crippen LogP contribution in [0.15, 0.2) is 43.3 Å². The van der Waals surface area contributed by atoms with E-state index < -0.39 is 0 Å². The van der Waals surface area contributed by atoms with Gasteiger partial charge >= 0.3 is 0 Å². The molecule has 3 aliphatic rings. The van der Waals surface area contributed by atoms with Crippen LogP contribution in [-0.4, -0.2) is 59.7 Å². The molecule has 2 aliphatic heterocycles. The summed E-state index contributed by atoms with van der Waals surface area (Å²) < 4.78 is 0. The Morgan fingerprint density at radius 3 is 2.57 bits per heavy atom. The molecule has 7 heteroatoms. The number of likely N-dealkylation sites (tertiary alicyclic amines) is 1. The van der Waals surface area contributed by atoms with E-state index in [9.17, 15) is 0 Å². The highest BCUT2D eigenvalue weighted by Crippen LogP contribution is 2.43. The summed E-state index contributed by atoms with van der Waals surface area (Å²) in [6.45, 7) is 18.0. The van der Waals surface area contributed by atoms with Gasteiger partial charge in [-0.3, -0.25) is 0 Å². The number of fused-ring (bicyclic) bond motifs is 1. The Morgan fingerprint density at radius 2 is 1.86 bits per heavy atom. The maximum atomic E-state index is 5.16. The van der Waals surface area contributed by atoms with Crippen LogP contribution in [-0.2, 0) is 6.42 Å². The molecule has 228 valence electrons. The standard InChI is InChI=1S/C35H53N7/c1-8-18-35(19-13-21-40(6)22-20-35)39-25(4)28-16-17-30(27(9-2)23-28)37-34-36-24-32-33(38-34)42(29-14-11-12-15-29)31(10-3)26(5)41(32)7/h16-17,23-24,29,31,39H,4-5,8-15,18-22H2,1-3,6-7H3,(H,36,37,38). The van der Waals surface area contributed by atoms with Crippen molar-refractivity contribution in [3.63, 3.8) is 0 Å². The third-order valence-electron chi connectivity index (χ3n) is 10.0. The molecule has 0 spiro atoms. The Balaban J connectivity index is 1.38. The molecule has 2 atom stereocenters. The SMILES string of the molecule is C=C(NC1(CCC)CCCN(C)CC1)c1ccc(Nc2ncc3c(n2)N(C2CCCC2)C(CC)C(=C)N3C)c(CC)c1. The van der Waals surface area contributed by atoms with E-state index in [0.717, 1.165) is 60.0 Å². The van der Waals surface area contributed by atoms with E-state index in [1.807, 2.05) is 6.20 Å². The number of hydrogen-bond donors (Lipinski definition) is 2. The highest BCUT2D eigenvalue weighted by Gasteiger charge is 2.38. The quantitative estimate of drug-likeness (QED) is 0.306. The average Bonchev–Trinajstić information content (AvgIpc) is 3.46. The number of hydrogen-bond acceptors (Lipinski definition) is 7. The lowest BCUT2D eigenvalue weighted by Crippen LogP contribution is -2.50. The van der Waals surface area contributed by atoms with E-state index in [2.05, 4.69) is 91.6 Å². The van der Waals surface area contributed by atoms with Crippen molar-refractivity contribution in [3.8, 4) is 0 Å². The zero-order chi connectivity index (χ0) is 29.9. The highest BCUT2D eigenvalue weighted by molar-refractivity contribution is 5.76. The molecule has 0 radical (unpaired) electrons. The minimum atomic E-state index is 0.122. The van der Waals surface area contributed by atoms with Crippen LogP contribution in [0.5, 0.6) is 0 Å². The molecule has 5 rings (SSSR count). The van der Waals surface area contributed by atoms with Crippen LogP contribution >= 0.6 is 0 Å². The van der Waals surface area contributed by atoms with Crippen LogP contribution in [0.1, 0.15) is 96.1 Å². The van der Waals surface area contributed by atoms with Crippen molar-refractivity contribution in [2.45, 2.75) is 109 Å². The van der Waals surface area contributed by atoms with Crippen molar-refractivity contribution in [1.29, 1.82) is 0 Å². The van der Waals surface area contributed by atoms with Crippen LogP contribution in [0.3, 0.4) is 0 Å². The molecule has 7 nitrogen and oxygen atoms in total. The molecule has 1 aromatic carbocycles. The number of rotatable bonds is 10. The van der Waals surface area contributed by atoms with Crippen molar-refractivity contribution in [2.75, 3.05) is 42.3 Å². The predicted molar refractivity (Wildman–Crippen MR) is 179 cm³/mol. The maximum absolute atomic E-state index is 5.16. The summed E-state index contributed by atoms with van der Waals surface area (Å²) in [7, 11) is 4.34. The summed E-state index contributed by atoms with van der Waals surface area (Å²) in [5.41, 5.74) is 6.79. The molecule has 2 fully saturated rings. The minimum Gasteiger partial charge on any atom is -0.380 e. The summed E-state index contributed by atoms with van der Waals surface area (Å²) in [6, 6.07) is 7.43. The molecule has 0 amide bonds. The minimum absolute atomic E-state index is 0.122. The molecule has 3 heterocycles. The Hall–Kier alpha value is -3.06. The molecule has 42 heavy (non-hydrogen) atoms. The first kappa shape index (κ1) is 30.4. The molecular weight excluding hydrogens is 518 g/mol. The van der Waals surface area contributed by atoms with Gasteiger partial charge in [-0.1, -0.05) is 59.3 Å². The van der Waals surface area contributed by atoms with E-state index >= 15 is 0 Å². The number of benzene rings is 1. The second-order valence-corrected chi connectivity index (χ2v) is 12.9. The first-order valence-electron chi connectivity index (χ1n) is 16.4. The fraction of sp³-hybridized carbons (Fsp3) is 0.600. The molecule has 1 aromatic heterocycles. The zero-order valence-electron chi connectivity index (χ0n) is 26.8. The second-order valence-electron chi connectivity index (χ2n) is 12.9. The number of anilines is 4. The van der Waals surface area contributed by atoms with Gasteiger partial charge in [-0.15, -0.1) is 0 Å². The van der Waals surface area contributed by atoms with Gasteiger partial charge in [0.1, 0.15) is 5.69 Å². The third-order valence-corrected chi connectivity index (χ3v) is 10.0. The van der Waals surface area contributed by atoms with Crippen LogP contribution in [0.2, 0.25) is 0 Å². The maximum Gasteiger partial charge on any atom is 0.229 e. The van der Waals surface area contributed by atoms with Gasteiger partial charge in [-0.2, -0.15) is 4.98 Å². The normalized spacial score (nSPS) is 23.5. The Bertz CT molecular complexity index is 1270. The number of nitrogens with zero attached hydrogens (tertiary/aromatic N) is 5. The molecule has 0 bridgehead atoms. The smallest absolute Gasteiger partial charge is 0.229 e. The van der Waals surface area contributed by atoms with Gasteiger partial charge in [0.05, 0.1) is 12.2 Å². The Kier molecular flexibility index (Phi) is 9.46. The van der Waals surface area contributed by atoms with Gasteiger partial charge in [0, 0.05) is 42.3 Å². The van der Waals surface area contributed by atoms with Gasteiger partial charge in [-0.05, 0) is 88.2 Å². The Labute approximate surface area is 254 Å². The molecule has 2 N–H and O–H groups in total. The summed E-state index contributed by atoms with van der Waals surface area (Å²) in [5, 5.41) is 7.52. The molecule has 1 aliphatic carbocycles. The van der Waals surface area contributed by atoms with Crippen molar-refractivity contribution in [3.05, 3.63) is 54.4 Å². The van der Waals surface area contributed by atoms with Gasteiger partial charge in [0.2, 0.25) is 5.95 Å². The van der Waals surface area contributed by atoms with Crippen molar-refractivity contribution in [2.24, 2.45) is 0 Å². The summed E-state index contributed by atoms with van der Waals surface area (Å²) >= 11 is 0. The van der Waals surface area contributed by atoms with Gasteiger partial charge in [0.15, 0.2) is 5.82 Å². The number of nitrogens with one attached hydrogen (secondary N) is 2. The monoisotopic (exact) mass is 571 g/mol. The topological polar surface area (TPSA) is 59.6 Å². The highest BCUT2D eigenvalue weighted by atomic mass is 15.4. The van der Waals surface area contributed by atoms with E-state index in [-0.39, 0.29) is 11.6 Å². The third kappa shape index (κ3) is 6.17. The van der Waals surface area contributed by atoms with E-state index in [1.165, 1.54) is 63.5 Å². The average molecular weight is 572 g/mol. The van der Waals surface area contributed by atoms with Crippen molar-refractivity contribution < 1.29 is 0 Å². The molecule has 1 saturated carbocycles. The zero-order valence-corrected chi connectivity index (χ0v) is 26.8. The fourth-order valence-electron chi connectivity index (χ4n) is 7.54. The van der Waals surface area contributed by atoms with Gasteiger partial charge in [0.25, 0.3) is 0 Å². The summed E-state index contributed by atoms with van der Waals surface area (Å²) in [5.74, 6) is 1.68. The predicted octanol–water partition coefficient (Wildman–Crippen LogP) is 7.49. The number of aromatic nitrogens is 2. The van der Waals surface area contributed by atoms with E-state index in [4.69, 9.17) is 9.97 Å². The first-order valence-corrected chi connectivity index (χ1v) is 16.4. The van der Waals surface area contributed by atoms with Gasteiger partial charge < -0.3 is 25.3 Å². The Morgan fingerprint density at radius 1 is 1.07 bits per heavy atom. The van der Waals surface area contributed by atoms with Crippen molar-refractivity contribution in [1.82, 2.24) is 20.2 Å².